The molecule has 3 rings (SSSR count). The molecule has 4 nitrogen and oxygen atoms in total. The van der Waals surface area contributed by atoms with Gasteiger partial charge in [0.05, 0.1) is 17.3 Å². The van der Waals surface area contributed by atoms with Crippen LogP contribution in [0.3, 0.4) is 0 Å². The molecule has 0 spiro atoms. The van der Waals surface area contributed by atoms with Gasteiger partial charge in [-0.3, -0.25) is 4.79 Å². The highest BCUT2D eigenvalue weighted by Gasteiger charge is 2.16. The number of nitrogen functional groups attached to an aromatic ring is 1. The molecule has 3 aromatic rings. The number of hydrogen-bond acceptors (Lipinski definition) is 4. The molecule has 3 N–H and O–H groups in total. The predicted octanol–water partition coefficient (Wildman–Crippen LogP) is 3.61. The molecule has 0 fully saturated rings. The fourth-order valence-electron chi connectivity index (χ4n) is 2.09. The molecule has 0 atom stereocenters. The average molecular weight is 293 g/mol. The summed E-state index contributed by atoms with van der Waals surface area (Å²) in [5.41, 5.74) is 7.61. The lowest BCUT2D eigenvalue weighted by Gasteiger charge is -2.04. The molecule has 102 valence electrons. The minimum absolute atomic E-state index is 0.260. The van der Waals surface area contributed by atoms with Crippen LogP contribution in [0.25, 0.3) is 10.1 Å². The van der Waals surface area contributed by atoms with Crippen LogP contribution in [0.15, 0.2) is 48.5 Å². The summed E-state index contributed by atoms with van der Waals surface area (Å²) < 4.78 is 0.978. The van der Waals surface area contributed by atoms with E-state index in [4.69, 9.17) is 11.0 Å². The normalized spacial score (nSPS) is 10.2. The van der Waals surface area contributed by atoms with Crippen molar-refractivity contribution in [2.24, 2.45) is 0 Å². The van der Waals surface area contributed by atoms with Crippen molar-refractivity contribution in [3.8, 4) is 6.07 Å². The Morgan fingerprint density at radius 3 is 2.76 bits per heavy atom. The van der Waals surface area contributed by atoms with Gasteiger partial charge in [0.2, 0.25) is 0 Å². The third-order valence-electron chi connectivity index (χ3n) is 3.09. The highest BCUT2D eigenvalue weighted by molar-refractivity contribution is 7.21. The van der Waals surface area contributed by atoms with Crippen molar-refractivity contribution in [2.75, 3.05) is 11.1 Å². The second-order valence-corrected chi connectivity index (χ2v) is 5.54. The Kier molecular flexibility index (Phi) is 3.30. The minimum Gasteiger partial charge on any atom is -0.397 e. The van der Waals surface area contributed by atoms with Crippen LogP contribution in [0.5, 0.6) is 0 Å². The topological polar surface area (TPSA) is 78.9 Å². The van der Waals surface area contributed by atoms with Crippen LogP contribution in [-0.2, 0) is 0 Å². The smallest absolute Gasteiger partial charge is 0.267 e. The van der Waals surface area contributed by atoms with Gasteiger partial charge in [0.1, 0.15) is 4.88 Å². The van der Waals surface area contributed by atoms with Gasteiger partial charge in [0.15, 0.2) is 0 Å². The minimum atomic E-state index is -0.260. The first-order valence-corrected chi connectivity index (χ1v) is 7.09. The lowest BCUT2D eigenvalue weighted by molar-refractivity contribution is 0.103. The summed E-state index contributed by atoms with van der Waals surface area (Å²) in [5.74, 6) is -0.260. The first-order chi connectivity index (χ1) is 10.2. The number of nitriles is 1. The maximum absolute atomic E-state index is 12.3. The van der Waals surface area contributed by atoms with E-state index >= 15 is 0 Å². The van der Waals surface area contributed by atoms with Gasteiger partial charge in [-0.05, 0) is 24.3 Å². The van der Waals surface area contributed by atoms with E-state index in [0.717, 1.165) is 10.1 Å². The maximum atomic E-state index is 12.3. The van der Waals surface area contributed by atoms with Gasteiger partial charge in [-0.15, -0.1) is 11.3 Å². The van der Waals surface area contributed by atoms with Crippen molar-refractivity contribution in [1.29, 1.82) is 5.26 Å². The molecule has 0 unspecified atom stereocenters. The number of rotatable bonds is 2. The van der Waals surface area contributed by atoms with E-state index in [1.807, 2.05) is 30.3 Å². The lowest BCUT2D eigenvalue weighted by atomic mass is 10.2. The van der Waals surface area contributed by atoms with Crippen LogP contribution in [0, 0.1) is 11.3 Å². The third kappa shape index (κ3) is 2.45. The Morgan fingerprint density at radius 1 is 1.19 bits per heavy atom. The molecule has 21 heavy (non-hydrogen) atoms. The van der Waals surface area contributed by atoms with Crippen molar-refractivity contribution in [3.63, 3.8) is 0 Å². The highest BCUT2D eigenvalue weighted by Crippen LogP contribution is 2.33. The van der Waals surface area contributed by atoms with E-state index in [1.54, 1.807) is 24.3 Å². The van der Waals surface area contributed by atoms with Gasteiger partial charge < -0.3 is 11.1 Å². The fourth-order valence-corrected chi connectivity index (χ4v) is 3.11. The number of thiophene rings is 1. The van der Waals surface area contributed by atoms with Crippen molar-refractivity contribution < 1.29 is 4.79 Å². The number of nitrogens with zero attached hydrogens (tertiary/aromatic N) is 1. The fraction of sp³-hybridized carbons (Fsp3) is 0. The van der Waals surface area contributed by atoms with Crippen molar-refractivity contribution in [2.45, 2.75) is 0 Å². The number of hydrogen-bond donors (Lipinski definition) is 2. The standard InChI is InChI=1S/C16H11N3OS/c17-9-10-4-3-5-11(8-10)19-16(20)15-14(18)12-6-1-2-7-13(12)21-15/h1-8H,18H2,(H,19,20). The van der Waals surface area contributed by atoms with Gasteiger partial charge in [-0.25, -0.2) is 0 Å². The lowest BCUT2D eigenvalue weighted by Crippen LogP contribution is -2.11. The number of amides is 1. The third-order valence-corrected chi connectivity index (χ3v) is 4.27. The van der Waals surface area contributed by atoms with Crippen LogP contribution in [0.1, 0.15) is 15.2 Å². The molecule has 0 radical (unpaired) electrons. The summed E-state index contributed by atoms with van der Waals surface area (Å²) in [5, 5.41) is 12.5. The predicted molar refractivity (Wildman–Crippen MR) is 85.3 cm³/mol. The van der Waals surface area contributed by atoms with E-state index in [0.29, 0.717) is 21.8 Å². The van der Waals surface area contributed by atoms with Crippen LogP contribution in [-0.4, -0.2) is 5.91 Å². The summed E-state index contributed by atoms with van der Waals surface area (Å²) in [6, 6.07) is 16.4. The molecule has 0 aliphatic heterocycles. The van der Waals surface area contributed by atoms with Crippen LogP contribution < -0.4 is 11.1 Å². The second-order valence-electron chi connectivity index (χ2n) is 4.49. The number of carbonyl (C=O) groups is 1. The molecule has 0 aliphatic carbocycles. The maximum Gasteiger partial charge on any atom is 0.267 e. The first kappa shape index (κ1) is 13.2. The molecule has 0 saturated carbocycles. The Labute approximate surface area is 125 Å². The molecule has 5 heteroatoms. The van der Waals surface area contributed by atoms with Crippen LogP contribution >= 0.6 is 11.3 Å². The highest BCUT2D eigenvalue weighted by atomic mass is 32.1. The molecule has 0 bridgehead atoms. The summed E-state index contributed by atoms with van der Waals surface area (Å²) in [4.78, 5) is 12.8. The summed E-state index contributed by atoms with van der Waals surface area (Å²) in [6.45, 7) is 0. The average Bonchev–Trinajstić information content (AvgIpc) is 2.85. The molecule has 1 aromatic heterocycles. The van der Waals surface area contributed by atoms with Crippen LogP contribution in [0.4, 0.5) is 11.4 Å². The van der Waals surface area contributed by atoms with Gasteiger partial charge in [0.25, 0.3) is 5.91 Å². The molecular formula is C16H11N3OS. The van der Waals surface area contributed by atoms with Crippen molar-refractivity contribution in [3.05, 3.63) is 59.0 Å². The van der Waals surface area contributed by atoms with E-state index in [9.17, 15) is 4.79 Å². The van der Waals surface area contributed by atoms with Gasteiger partial charge in [0, 0.05) is 15.8 Å². The molecule has 1 amide bonds. The number of fused-ring (bicyclic) bond motifs is 1. The zero-order valence-corrected chi connectivity index (χ0v) is 11.8. The number of carbonyl (C=O) groups excluding carboxylic acids is 1. The summed E-state index contributed by atoms with van der Waals surface area (Å²) in [6.07, 6.45) is 0. The van der Waals surface area contributed by atoms with E-state index in [1.165, 1.54) is 11.3 Å². The first-order valence-electron chi connectivity index (χ1n) is 6.27. The second kappa shape index (κ2) is 5.27. The number of benzene rings is 2. The van der Waals surface area contributed by atoms with E-state index < -0.39 is 0 Å². The molecule has 2 aromatic carbocycles. The van der Waals surface area contributed by atoms with Crippen molar-refractivity contribution >= 4 is 38.7 Å². The zero-order chi connectivity index (χ0) is 14.8. The van der Waals surface area contributed by atoms with Gasteiger partial charge in [-0.2, -0.15) is 5.26 Å². The van der Waals surface area contributed by atoms with E-state index in [-0.39, 0.29) is 5.91 Å². The SMILES string of the molecule is N#Cc1cccc(NC(=O)c2sc3ccccc3c2N)c1. The van der Waals surface area contributed by atoms with E-state index in [2.05, 4.69) is 5.32 Å². The molecule has 0 saturated heterocycles. The summed E-state index contributed by atoms with van der Waals surface area (Å²) >= 11 is 1.36. The molecule has 0 aliphatic rings. The Hall–Kier alpha value is -2.84. The molecule has 1 heterocycles. The molecular weight excluding hydrogens is 282 g/mol. The van der Waals surface area contributed by atoms with Gasteiger partial charge >= 0.3 is 0 Å². The monoisotopic (exact) mass is 293 g/mol. The Morgan fingerprint density at radius 2 is 2.00 bits per heavy atom. The number of anilines is 2. The zero-order valence-electron chi connectivity index (χ0n) is 11.0. The summed E-state index contributed by atoms with van der Waals surface area (Å²) in [7, 11) is 0. The quantitative estimate of drug-likeness (QED) is 0.757. The van der Waals surface area contributed by atoms with Crippen molar-refractivity contribution in [1.82, 2.24) is 0 Å². The largest absolute Gasteiger partial charge is 0.397 e. The van der Waals surface area contributed by atoms with Gasteiger partial charge in [-0.1, -0.05) is 24.3 Å². The Bertz CT molecular complexity index is 877. The van der Waals surface area contributed by atoms with Crippen LogP contribution in [0.2, 0.25) is 0 Å². The number of nitrogens with two attached hydrogens (primary N) is 1. The number of nitrogens with one attached hydrogen (secondary N) is 1. The Balaban J connectivity index is 1.94.